The number of cyclic esters (lactones) is 1. The maximum atomic E-state index is 13.1. The highest BCUT2D eigenvalue weighted by Crippen LogP contribution is 2.27. The predicted octanol–water partition coefficient (Wildman–Crippen LogP) is 5.28. The van der Waals surface area contributed by atoms with Crippen molar-refractivity contribution in [2.45, 2.75) is 110 Å². The molecule has 0 aliphatic carbocycles. The zero-order valence-corrected chi connectivity index (χ0v) is 19.8. The fraction of sp³-hybridized carbons (Fsp3) is 0.840. The standard InChI is InChI=1S/C25H43NO4/c1-6-7-10-19(3)23-13-8-11-21(29-5)15-14-18(2)17-20(4)24(27)26-16-9-12-22(26)25(28)30-23/h17-19,21-23H,6-16H2,1-5H3/t18?,19-,21?,22+,23+/m1/s1. The van der Waals surface area contributed by atoms with Crippen LogP contribution in [-0.2, 0) is 19.1 Å². The molecule has 1 amide bonds. The van der Waals surface area contributed by atoms with Crippen LogP contribution < -0.4 is 0 Å². The molecule has 2 heterocycles. The summed E-state index contributed by atoms with van der Waals surface area (Å²) in [5.74, 6) is 0.410. The topological polar surface area (TPSA) is 55.8 Å². The number of methoxy groups -OCH3 is 1. The quantitative estimate of drug-likeness (QED) is 0.567. The molecular weight excluding hydrogens is 378 g/mol. The third kappa shape index (κ3) is 7.11. The fourth-order valence-electron chi connectivity index (χ4n) is 4.84. The molecule has 30 heavy (non-hydrogen) atoms. The van der Waals surface area contributed by atoms with Crippen molar-refractivity contribution in [1.29, 1.82) is 0 Å². The molecule has 2 unspecified atom stereocenters. The Labute approximate surface area is 183 Å². The van der Waals surface area contributed by atoms with Gasteiger partial charge in [-0.1, -0.05) is 39.7 Å². The van der Waals surface area contributed by atoms with Crippen LogP contribution in [0.5, 0.6) is 0 Å². The number of rotatable bonds is 5. The van der Waals surface area contributed by atoms with Gasteiger partial charge < -0.3 is 14.4 Å². The minimum absolute atomic E-state index is 0.0185. The Balaban J connectivity index is 2.22. The van der Waals surface area contributed by atoms with E-state index in [0.717, 1.165) is 63.4 Å². The van der Waals surface area contributed by atoms with Gasteiger partial charge in [-0.15, -0.1) is 0 Å². The lowest BCUT2D eigenvalue weighted by atomic mass is 9.92. The minimum Gasteiger partial charge on any atom is -0.461 e. The van der Waals surface area contributed by atoms with Gasteiger partial charge in [-0.05, 0) is 70.1 Å². The molecule has 0 radical (unpaired) electrons. The molecular formula is C25H43NO4. The monoisotopic (exact) mass is 421 g/mol. The van der Waals surface area contributed by atoms with Crippen LogP contribution in [0.15, 0.2) is 11.6 Å². The number of esters is 1. The smallest absolute Gasteiger partial charge is 0.329 e. The van der Waals surface area contributed by atoms with Gasteiger partial charge in [0.1, 0.15) is 12.1 Å². The Bertz CT molecular complexity index is 588. The zero-order valence-electron chi connectivity index (χ0n) is 19.8. The van der Waals surface area contributed by atoms with Crippen LogP contribution in [0.1, 0.15) is 91.9 Å². The second-order valence-corrected chi connectivity index (χ2v) is 9.44. The van der Waals surface area contributed by atoms with Crippen molar-refractivity contribution in [2.24, 2.45) is 11.8 Å². The van der Waals surface area contributed by atoms with Gasteiger partial charge in [0.15, 0.2) is 0 Å². The Kier molecular flexibility index (Phi) is 10.4. The molecule has 2 aliphatic heterocycles. The molecule has 0 spiro atoms. The van der Waals surface area contributed by atoms with Crippen molar-refractivity contribution in [2.75, 3.05) is 13.7 Å². The molecule has 1 saturated heterocycles. The lowest BCUT2D eigenvalue weighted by Gasteiger charge is -2.29. The highest BCUT2D eigenvalue weighted by Gasteiger charge is 2.37. The zero-order chi connectivity index (χ0) is 22.1. The predicted molar refractivity (Wildman–Crippen MR) is 120 cm³/mol. The van der Waals surface area contributed by atoms with E-state index in [2.05, 4.69) is 26.8 Å². The van der Waals surface area contributed by atoms with E-state index in [1.165, 1.54) is 0 Å². The molecule has 0 aromatic carbocycles. The van der Waals surface area contributed by atoms with Gasteiger partial charge >= 0.3 is 5.97 Å². The van der Waals surface area contributed by atoms with Crippen LogP contribution in [0.3, 0.4) is 0 Å². The molecule has 5 heteroatoms. The number of hydrogen-bond acceptors (Lipinski definition) is 4. The summed E-state index contributed by atoms with van der Waals surface area (Å²) in [6.07, 6.45) is 11.9. The first kappa shape index (κ1) is 24.9. The van der Waals surface area contributed by atoms with E-state index >= 15 is 0 Å². The number of hydrogen-bond donors (Lipinski definition) is 0. The van der Waals surface area contributed by atoms with Gasteiger partial charge in [0.25, 0.3) is 0 Å². The maximum Gasteiger partial charge on any atom is 0.329 e. The Hall–Kier alpha value is -1.36. The molecule has 2 rings (SSSR count). The van der Waals surface area contributed by atoms with E-state index in [1.807, 2.05) is 6.92 Å². The molecule has 5 atom stereocenters. The van der Waals surface area contributed by atoms with Crippen LogP contribution in [0.4, 0.5) is 0 Å². The number of allylic oxidation sites excluding steroid dienone is 1. The summed E-state index contributed by atoms with van der Waals surface area (Å²) < 4.78 is 11.8. The van der Waals surface area contributed by atoms with Crippen molar-refractivity contribution in [3.8, 4) is 0 Å². The van der Waals surface area contributed by atoms with E-state index in [4.69, 9.17) is 9.47 Å². The number of nitrogens with zero attached hydrogens (tertiary/aromatic N) is 1. The van der Waals surface area contributed by atoms with Gasteiger partial charge in [0.2, 0.25) is 5.91 Å². The van der Waals surface area contributed by atoms with E-state index < -0.39 is 6.04 Å². The van der Waals surface area contributed by atoms with Crippen LogP contribution in [0.2, 0.25) is 0 Å². The Morgan fingerprint density at radius 1 is 1.17 bits per heavy atom. The van der Waals surface area contributed by atoms with Crippen LogP contribution in [0.25, 0.3) is 0 Å². The lowest BCUT2D eigenvalue weighted by Crippen LogP contribution is -2.43. The molecule has 0 bridgehead atoms. The van der Waals surface area contributed by atoms with Crippen LogP contribution in [-0.4, -0.2) is 48.7 Å². The van der Waals surface area contributed by atoms with Gasteiger partial charge in [-0.2, -0.15) is 0 Å². The molecule has 0 N–H and O–H groups in total. The first-order chi connectivity index (χ1) is 14.4. The number of unbranched alkanes of at least 4 members (excludes halogenated alkanes) is 1. The van der Waals surface area contributed by atoms with E-state index in [1.54, 1.807) is 12.0 Å². The van der Waals surface area contributed by atoms with E-state index in [-0.39, 0.29) is 24.1 Å². The van der Waals surface area contributed by atoms with Gasteiger partial charge in [-0.3, -0.25) is 4.79 Å². The molecule has 5 nitrogen and oxygen atoms in total. The molecule has 2 aliphatic rings. The number of carbonyl (C=O) groups is 2. The molecule has 0 aromatic heterocycles. The van der Waals surface area contributed by atoms with E-state index in [0.29, 0.717) is 24.8 Å². The van der Waals surface area contributed by atoms with Crippen LogP contribution >= 0.6 is 0 Å². The normalized spacial score (nSPS) is 30.7. The molecule has 0 saturated carbocycles. The van der Waals surface area contributed by atoms with Crippen molar-refractivity contribution in [3.63, 3.8) is 0 Å². The fourth-order valence-corrected chi connectivity index (χ4v) is 4.84. The highest BCUT2D eigenvalue weighted by molar-refractivity contribution is 5.96. The molecule has 172 valence electrons. The minimum atomic E-state index is -0.436. The van der Waals surface area contributed by atoms with Gasteiger partial charge in [-0.25, -0.2) is 4.79 Å². The average Bonchev–Trinajstić information content (AvgIpc) is 3.22. The number of amides is 1. The maximum absolute atomic E-state index is 13.1. The summed E-state index contributed by atoms with van der Waals surface area (Å²) in [5.41, 5.74) is 0.735. The third-order valence-electron chi connectivity index (χ3n) is 6.86. The summed E-state index contributed by atoms with van der Waals surface area (Å²) >= 11 is 0. The number of carbonyl (C=O) groups excluding carboxylic acids is 2. The third-order valence-corrected chi connectivity index (χ3v) is 6.86. The SMILES string of the molecule is CCCC[C@@H](C)[C@@H]1CCCC(OC)CCC(C)C=C(C)C(=O)N2CCC[C@H]2C(=O)O1. The van der Waals surface area contributed by atoms with Crippen molar-refractivity contribution in [1.82, 2.24) is 4.90 Å². The van der Waals surface area contributed by atoms with E-state index in [9.17, 15) is 9.59 Å². The van der Waals surface area contributed by atoms with Gasteiger partial charge in [0.05, 0.1) is 6.10 Å². The first-order valence-electron chi connectivity index (χ1n) is 12.1. The highest BCUT2D eigenvalue weighted by atomic mass is 16.5. The number of fused-ring (bicyclic) bond motifs is 1. The van der Waals surface area contributed by atoms with Crippen LogP contribution in [0, 0.1) is 11.8 Å². The first-order valence-corrected chi connectivity index (χ1v) is 12.1. The molecule has 1 fully saturated rings. The van der Waals surface area contributed by atoms with Crippen molar-refractivity contribution >= 4 is 11.9 Å². The second kappa shape index (κ2) is 12.5. The summed E-state index contributed by atoms with van der Waals surface area (Å²) in [6, 6.07) is -0.436. The summed E-state index contributed by atoms with van der Waals surface area (Å²) in [5, 5.41) is 0. The summed E-state index contributed by atoms with van der Waals surface area (Å²) in [7, 11) is 1.78. The van der Waals surface area contributed by atoms with Crippen molar-refractivity contribution in [3.05, 3.63) is 11.6 Å². The molecule has 0 aromatic rings. The number of ether oxygens (including phenoxy) is 2. The largest absolute Gasteiger partial charge is 0.461 e. The summed E-state index contributed by atoms with van der Waals surface area (Å²) in [6.45, 7) is 9.06. The Morgan fingerprint density at radius 3 is 2.63 bits per heavy atom. The average molecular weight is 422 g/mol. The Morgan fingerprint density at radius 2 is 1.93 bits per heavy atom. The van der Waals surface area contributed by atoms with Gasteiger partial charge in [0, 0.05) is 19.2 Å². The van der Waals surface area contributed by atoms with Crippen molar-refractivity contribution < 1.29 is 19.1 Å². The summed E-state index contributed by atoms with van der Waals surface area (Å²) in [4.78, 5) is 27.9. The lowest BCUT2D eigenvalue weighted by molar-refractivity contribution is -0.160. The second-order valence-electron chi connectivity index (χ2n) is 9.44.